The lowest BCUT2D eigenvalue weighted by atomic mass is 10.0. The molecule has 1 heterocycles. The summed E-state index contributed by atoms with van der Waals surface area (Å²) < 4.78 is 31.9. The first kappa shape index (κ1) is 29.7. The predicted molar refractivity (Wildman–Crippen MR) is 160 cm³/mol. The lowest BCUT2D eigenvalue weighted by Gasteiger charge is -2.36. The van der Waals surface area contributed by atoms with Crippen molar-refractivity contribution in [3.63, 3.8) is 0 Å². The van der Waals surface area contributed by atoms with Gasteiger partial charge in [-0.15, -0.1) is 11.3 Å². The van der Waals surface area contributed by atoms with Gasteiger partial charge in [-0.3, -0.25) is 13.3 Å². The Morgan fingerprint density at radius 2 is 1.62 bits per heavy atom. The van der Waals surface area contributed by atoms with Gasteiger partial charge in [-0.25, -0.2) is 9.78 Å². The minimum absolute atomic E-state index is 0.315. The second-order valence-electron chi connectivity index (χ2n) is 10.5. The molecule has 3 aromatic carbocycles. The highest BCUT2D eigenvalue weighted by atomic mass is 35.5. The monoisotopic (exact) mass is 598 g/mol. The Labute approximate surface area is 244 Å². The van der Waals surface area contributed by atoms with E-state index < -0.39 is 28.9 Å². The van der Waals surface area contributed by atoms with E-state index >= 15 is 0 Å². The molecule has 2 unspecified atom stereocenters. The lowest BCUT2D eigenvalue weighted by molar-refractivity contribution is -0.157. The molecule has 40 heavy (non-hydrogen) atoms. The zero-order valence-corrected chi connectivity index (χ0v) is 25.0. The van der Waals surface area contributed by atoms with E-state index in [1.165, 1.54) is 11.3 Å². The van der Waals surface area contributed by atoms with Gasteiger partial charge in [0.1, 0.15) is 11.6 Å². The fraction of sp³-hybridized carbons (Fsp3) is 0.276. The molecule has 1 amide bonds. The Kier molecular flexibility index (Phi) is 8.94. The average Bonchev–Trinajstić information content (AvgIpc) is 3.30. The van der Waals surface area contributed by atoms with Crippen LogP contribution in [-0.4, -0.2) is 37.3 Å². The van der Waals surface area contributed by atoms with Crippen molar-refractivity contribution in [3.05, 3.63) is 76.8 Å². The number of rotatable bonds is 8. The number of nitrogens with zero attached hydrogens (tertiary/aromatic N) is 2. The number of thiazole rings is 1. The van der Waals surface area contributed by atoms with Crippen LogP contribution < -0.4 is 9.62 Å². The van der Waals surface area contributed by atoms with Crippen molar-refractivity contribution in [1.29, 1.82) is 0 Å². The highest BCUT2D eigenvalue weighted by Crippen LogP contribution is 2.30. The van der Waals surface area contributed by atoms with Gasteiger partial charge in [-0.1, -0.05) is 49.7 Å². The van der Waals surface area contributed by atoms with Crippen molar-refractivity contribution < 1.29 is 23.1 Å². The third-order valence-electron chi connectivity index (χ3n) is 5.83. The van der Waals surface area contributed by atoms with E-state index in [2.05, 4.69) is 10.3 Å². The van der Waals surface area contributed by atoms with Gasteiger partial charge < -0.3 is 14.6 Å². The molecule has 0 bridgehead atoms. The number of anilines is 2. The van der Waals surface area contributed by atoms with Gasteiger partial charge >= 0.3 is 5.97 Å². The fourth-order valence-electron chi connectivity index (χ4n) is 4.07. The Balaban J connectivity index is 1.49. The van der Waals surface area contributed by atoms with Gasteiger partial charge in [-0.05, 0) is 80.3 Å². The third kappa shape index (κ3) is 7.06. The summed E-state index contributed by atoms with van der Waals surface area (Å²) in [5.41, 5.74) is 2.57. The zero-order valence-electron chi connectivity index (χ0n) is 22.6. The molecule has 0 saturated heterocycles. The molecular formula is C29H29ClN3O5S2-. The number of aromatic nitrogens is 1. The van der Waals surface area contributed by atoms with Crippen molar-refractivity contribution in [2.24, 2.45) is 5.92 Å². The molecule has 4 rings (SSSR count). The third-order valence-corrected chi connectivity index (χ3v) is 7.86. The van der Waals surface area contributed by atoms with Crippen LogP contribution in [0.5, 0.6) is 0 Å². The lowest BCUT2D eigenvalue weighted by Crippen LogP contribution is -2.48. The number of fused-ring (bicyclic) bond motifs is 1. The van der Waals surface area contributed by atoms with E-state index in [1.54, 1.807) is 83.1 Å². The number of esters is 1. The highest BCUT2D eigenvalue weighted by Gasteiger charge is 2.34. The van der Waals surface area contributed by atoms with Crippen molar-refractivity contribution in [1.82, 2.24) is 4.98 Å². The minimum atomic E-state index is -2.71. The number of ether oxygens (including phenoxy) is 1. The van der Waals surface area contributed by atoms with Crippen molar-refractivity contribution in [2.45, 2.75) is 46.3 Å². The van der Waals surface area contributed by atoms with Crippen LogP contribution in [0.2, 0.25) is 5.02 Å². The molecule has 210 valence electrons. The summed E-state index contributed by atoms with van der Waals surface area (Å²) in [5.74, 6) is -1.25. The van der Waals surface area contributed by atoms with Crippen molar-refractivity contribution >= 4 is 67.7 Å². The highest BCUT2D eigenvalue weighted by molar-refractivity contribution is 7.80. The first-order valence-corrected chi connectivity index (χ1v) is 14.7. The molecule has 8 nitrogen and oxygen atoms in total. The first-order chi connectivity index (χ1) is 18.8. The van der Waals surface area contributed by atoms with Crippen LogP contribution in [-0.2, 0) is 20.8 Å². The van der Waals surface area contributed by atoms with Gasteiger partial charge in [0.15, 0.2) is 5.01 Å². The Morgan fingerprint density at radius 3 is 2.17 bits per heavy atom. The molecule has 0 fully saturated rings. The van der Waals surface area contributed by atoms with E-state index in [1.807, 2.05) is 18.2 Å². The Bertz CT molecular complexity index is 1550. The van der Waals surface area contributed by atoms with Gasteiger partial charge in [-0.2, -0.15) is 0 Å². The summed E-state index contributed by atoms with van der Waals surface area (Å²) >= 11 is 4.60. The van der Waals surface area contributed by atoms with Crippen LogP contribution in [0.15, 0.2) is 66.7 Å². The van der Waals surface area contributed by atoms with Crippen LogP contribution in [0.4, 0.5) is 11.4 Å². The van der Waals surface area contributed by atoms with E-state index in [0.29, 0.717) is 26.9 Å². The Morgan fingerprint density at radius 1 is 1.02 bits per heavy atom. The molecule has 0 radical (unpaired) electrons. The van der Waals surface area contributed by atoms with Gasteiger partial charge in [0.25, 0.3) is 5.91 Å². The summed E-state index contributed by atoms with van der Waals surface area (Å²) in [6.07, 6.45) is 0. The SMILES string of the molecule is CC(C)C(C(=O)OC(C)(C)C)N(c1ccc(-c2ccc(NC(=O)c3nc4cc(Cl)ccc4s3)cc2)cc1)S(=O)[O-]. The summed E-state index contributed by atoms with van der Waals surface area (Å²) in [7, 11) is 0. The molecule has 0 aliphatic rings. The quantitative estimate of drug-likeness (QED) is 0.176. The number of carbonyl (C=O) groups excluding carboxylic acids is 2. The second-order valence-corrected chi connectivity index (χ2v) is 12.8. The van der Waals surface area contributed by atoms with Gasteiger partial charge in [0.2, 0.25) is 0 Å². The number of halogens is 1. The number of benzene rings is 3. The predicted octanol–water partition coefficient (Wildman–Crippen LogP) is 6.84. The van der Waals surface area contributed by atoms with Crippen LogP contribution in [0.25, 0.3) is 21.3 Å². The Hall–Kier alpha value is -3.31. The molecule has 0 spiro atoms. The van der Waals surface area contributed by atoms with E-state index in [-0.39, 0.29) is 11.8 Å². The largest absolute Gasteiger partial charge is 0.755 e. The molecule has 4 aromatic rings. The maximum absolute atomic E-state index is 12.9. The topological polar surface area (TPSA) is 112 Å². The summed E-state index contributed by atoms with van der Waals surface area (Å²) in [5, 5.41) is 3.75. The normalized spacial score (nSPS) is 13.2. The summed E-state index contributed by atoms with van der Waals surface area (Å²) in [4.78, 5) is 30.0. The second kappa shape index (κ2) is 12.1. The van der Waals surface area contributed by atoms with E-state index in [4.69, 9.17) is 16.3 Å². The number of hydrogen-bond donors (Lipinski definition) is 1. The van der Waals surface area contributed by atoms with Crippen molar-refractivity contribution in [3.8, 4) is 11.1 Å². The van der Waals surface area contributed by atoms with E-state index in [0.717, 1.165) is 20.1 Å². The average molecular weight is 599 g/mol. The molecule has 0 aliphatic carbocycles. The maximum Gasteiger partial charge on any atom is 0.330 e. The molecule has 11 heteroatoms. The van der Waals surface area contributed by atoms with Gasteiger partial charge in [0, 0.05) is 27.7 Å². The number of carbonyl (C=O) groups is 2. The molecule has 2 atom stereocenters. The van der Waals surface area contributed by atoms with Crippen LogP contribution in [0.1, 0.15) is 44.4 Å². The molecule has 1 N–H and O–H groups in total. The summed E-state index contributed by atoms with van der Waals surface area (Å²) in [6, 6.07) is 18.4. The fourth-order valence-corrected chi connectivity index (χ4v) is 5.89. The van der Waals surface area contributed by atoms with Crippen LogP contribution in [0, 0.1) is 5.92 Å². The number of nitrogens with one attached hydrogen (secondary N) is 1. The first-order valence-electron chi connectivity index (χ1n) is 12.5. The van der Waals surface area contributed by atoms with Crippen molar-refractivity contribution in [2.75, 3.05) is 9.62 Å². The maximum atomic E-state index is 12.9. The molecule has 0 saturated carbocycles. The zero-order chi connectivity index (χ0) is 29.2. The van der Waals surface area contributed by atoms with Crippen LogP contribution in [0.3, 0.4) is 0 Å². The standard InChI is InChI=1S/C29H30ClN3O5S2/c1-17(2)25(28(35)38-29(3,4)5)33(40(36)37)22-13-8-19(9-14-22)18-6-11-21(12-7-18)31-26(34)27-32-23-16-20(30)10-15-24(23)39-27/h6-17,25H,1-5H3,(H,31,34)(H,36,37)/p-1. The molecular weight excluding hydrogens is 570 g/mol. The van der Waals surface area contributed by atoms with Gasteiger partial charge in [0.05, 0.1) is 10.2 Å². The number of hydrogen-bond acceptors (Lipinski definition) is 7. The molecule has 1 aromatic heterocycles. The number of amides is 1. The minimum Gasteiger partial charge on any atom is -0.755 e. The molecule has 0 aliphatic heterocycles. The summed E-state index contributed by atoms with van der Waals surface area (Å²) in [6.45, 7) is 8.77. The van der Waals surface area contributed by atoms with E-state index in [9.17, 15) is 18.4 Å². The smallest absolute Gasteiger partial charge is 0.330 e. The van der Waals surface area contributed by atoms with Crippen LogP contribution >= 0.6 is 22.9 Å².